The van der Waals surface area contributed by atoms with E-state index in [1.165, 1.54) is 12.1 Å². The summed E-state index contributed by atoms with van der Waals surface area (Å²) >= 11 is 0. The lowest BCUT2D eigenvalue weighted by molar-refractivity contribution is -0.386. The second kappa shape index (κ2) is 6.17. The Labute approximate surface area is 99.6 Å². The van der Waals surface area contributed by atoms with Crippen LogP contribution in [0.25, 0.3) is 0 Å². The first-order chi connectivity index (χ1) is 8.04. The van der Waals surface area contributed by atoms with Crippen LogP contribution in [0.4, 0.5) is 5.69 Å². The van der Waals surface area contributed by atoms with Crippen molar-refractivity contribution in [2.75, 3.05) is 27.2 Å². The maximum atomic E-state index is 10.8. The van der Waals surface area contributed by atoms with Gasteiger partial charge in [0.05, 0.1) is 11.5 Å². The fourth-order valence-corrected chi connectivity index (χ4v) is 1.26. The van der Waals surface area contributed by atoms with Crippen LogP contribution in [-0.2, 0) is 6.61 Å². The summed E-state index contributed by atoms with van der Waals surface area (Å²) in [6, 6.07) is 4.45. The van der Waals surface area contributed by atoms with Crippen molar-refractivity contribution in [1.82, 2.24) is 4.90 Å². The average molecular weight is 240 g/mol. The Balaban J connectivity index is 2.80. The Hall–Kier alpha value is -1.66. The summed E-state index contributed by atoms with van der Waals surface area (Å²) < 4.78 is 5.34. The van der Waals surface area contributed by atoms with E-state index in [0.29, 0.717) is 18.7 Å². The van der Waals surface area contributed by atoms with E-state index in [9.17, 15) is 10.1 Å². The molecular formula is C11H16N2O4. The van der Waals surface area contributed by atoms with Crippen molar-refractivity contribution in [3.63, 3.8) is 0 Å². The summed E-state index contributed by atoms with van der Waals surface area (Å²) in [5.74, 6) is 0.231. The van der Waals surface area contributed by atoms with Crippen molar-refractivity contribution in [1.29, 1.82) is 0 Å². The third-order valence-electron chi connectivity index (χ3n) is 2.20. The number of hydrogen-bond acceptors (Lipinski definition) is 5. The average Bonchev–Trinajstić information content (AvgIpc) is 2.28. The molecule has 0 heterocycles. The summed E-state index contributed by atoms with van der Waals surface area (Å²) in [4.78, 5) is 12.2. The highest BCUT2D eigenvalue weighted by atomic mass is 16.6. The Morgan fingerprint density at radius 3 is 2.71 bits per heavy atom. The van der Waals surface area contributed by atoms with Gasteiger partial charge in [-0.3, -0.25) is 10.1 Å². The predicted molar refractivity (Wildman–Crippen MR) is 63.1 cm³/mol. The number of rotatable bonds is 6. The van der Waals surface area contributed by atoms with E-state index < -0.39 is 4.92 Å². The second-order valence-electron chi connectivity index (χ2n) is 3.87. The number of nitro benzene ring substituents is 1. The van der Waals surface area contributed by atoms with Crippen LogP contribution in [0.15, 0.2) is 18.2 Å². The molecule has 0 spiro atoms. The van der Waals surface area contributed by atoms with Gasteiger partial charge in [0.1, 0.15) is 6.61 Å². The highest BCUT2D eigenvalue weighted by Gasteiger charge is 2.15. The molecule has 0 fully saturated rings. The molecule has 0 atom stereocenters. The molecule has 1 aromatic rings. The van der Waals surface area contributed by atoms with Crippen LogP contribution in [0.2, 0.25) is 0 Å². The highest BCUT2D eigenvalue weighted by molar-refractivity contribution is 5.48. The first-order valence-electron chi connectivity index (χ1n) is 5.20. The van der Waals surface area contributed by atoms with E-state index in [4.69, 9.17) is 9.84 Å². The summed E-state index contributed by atoms with van der Waals surface area (Å²) in [5.41, 5.74) is 0.381. The number of nitro groups is 1. The van der Waals surface area contributed by atoms with Gasteiger partial charge in [-0.15, -0.1) is 0 Å². The van der Waals surface area contributed by atoms with E-state index >= 15 is 0 Å². The molecule has 0 unspecified atom stereocenters. The minimum absolute atomic E-state index is 0.115. The molecule has 0 saturated heterocycles. The predicted octanol–water partition coefficient (Wildman–Crippen LogP) is 1.03. The molecule has 0 amide bonds. The second-order valence-corrected chi connectivity index (χ2v) is 3.87. The molecule has 0 aliphatic carbocycles. The van der Waals surface area contributed by atoms with Crippen LogP contribution < -0.4 is 4.74 Å². The third kappa shape index (κ3) is 4.01. The zero-order valence-corrected chi connectivity index (χ0v) is 9.92. The van der Waals surface area contributed by atoms with Gasteiger partial charge in [-0.1, -0.05) is 6.07 Å². The summed E-state index contributed by atoms with van der Waals surface area (Å²) in [5, 5.41) is 19.7. The molecule has 0 bridgehead atoms. The number of hydrogen-bond donors (Lipinski definition) is 1. The first kappa shape index (κ1) is 13.4. The molecule has 6 heteroatoms. The normalized spacial score (nSPS) is 10.6. The van der Waals surface area contributed by atoms with E-state index in [-0.39, 0.29) is 18.0 Å². The maximum Gasteiger partial charge on any atom is 0.311 e. The van der Waals surface area contributed by atoms with Crippen LogP contribution >= 0.6 is 0 Å². The lowest BCUT2D eigenvalue weighted by atomic mass is 10.2. The molecule has 0 saturated carbocycles. The summed E-state index contributed by atoms with van der Waals surface area (Å²) in [6.07, 6.45) is 0. The van der Waals surface area contributed by atoms with Crippen molar-refractivity contribution in [3.8, 4) is 5.75 Å². The quantitative estimate of drug-likeness (QED) is 0.593. The molecule has 94 valence electrons. The maximum absolute atomic E-state index is 10.8. The van der Waals surface area contributed by atoms with Gasteiger partial charge in [0.25, 0.3) is 0 Å². The molecule has 1 aromatic carbocycles. The van der Waals surface area contributed by atoms with Gasteiger partial charge in [-0.05, 0) is 25.7 Å². The van der Waals surface area contributed by atoms with Crippen LogP contribution in [0.3, 0.4) is 0 Å². The minimum Gasteiger partial charge on any atom is -0.485 e. The molecule has 17 heavy (non-hydrogen) atoms. The van der Waals surface area contributed by atoms with Gasteiger partial charge in [-0.25, -0.2) is 0 Å². The van der Waals surface area contributed by atoms with Crippen molar-refractivity contribution >= 4 is 5.69 Å². The number of ether oxygens (including phenoxy) is 1. The lowest BCUT2D eigenvalue weighted by Gasteiger charge is -2.11. The Morgan fingerprint density at radius 1 is 1.47 bits per heavy atom. The van der Waals surface area contributed by atoms with Gasteiger partial charge in [0, 0.05) is 12.6 Å². The molecule has 6 nitrogen and oxygen atoms in total. The Morgan fingerprint density at radius 2 is 2.18 bits per heavy atom. The van der Waals surface area contributed by atoms with Gasteiger partial charge in [0.15, 0.2) is 5.75 Å². The zero-order chi connectivity index (χ0) is 12.8. The molecule has 0 radical (unpaired) electrons. The van der Waals surface area contributed by atoms with Crippen LogP contribution in [-0.4, -0.2) is 42.2 Å². The Bertz CT molecular complexity index is 393. The summed E-state index contributed by atoms with van der Waals surface area (Å²) in [6.45, 7) is 0.837. The zero-order valence-electron chi connectivity index (χ0n) is 9.92. The monoisotopic (exact) mass is 240 g/mol. The molecule has 0 aromatic heterocycles. The first-order valence-corrected chi connectivity index (χ1v) is 5.20. The number of aliphatic hydroxyl groups is 1. The molecule has 1 rings (SSSR count). The van der Waals surface area contributed by atoms with E-state index in [1.54, 1.807) is 6.07 Å². The van der Waals surface area contributed by atoms with Crippen LogP contribution in [0, 0.1) is 10.1 Å². The third-order valence-corrected chi connectivity index (χ3v) is 2.20. The smallest absolute Gasteiger partial charge is 0.311 e. The fraction of sp³-hybridized carbons (Fsp3) is 0.455. The van der Waals surface area contributed by atoms with Gasteiger partial charge < -0.3 is 14.7 Å². The standard InChI is InChI=1S/C11H16N2O4/c1-12(2)5-6-17-11-4-3-9(8-14)7-10(11)13(15)16/h3-4,7,14H,5-6,8H2,1-2H3. The van der Waals surface area contributed by atoms with E-state index in [1.807, 2.05) is 19.0 Å². The van der Waals surface area contributed by atoms with Gasteiger partial charge in [-0.2, -0.15) is 0 Å². The van der Waals surface area contributed by atoms with Crippen LogP contribution in [0.5, 0.6) is 5.75 Å². The van der Waals surface area contributed by atoms with Gasteiger partial charge in [0.2, 0.25) is 0 Å². The number of aliphatic hydroxyl groups excluding tert-OH is 1. The topological polar surface area (TPSA) is 75.8 Å². The van der Waals surface area contributed by atoms with Crippen LogP contribution in [0.1, 0.15) is 5.56 Å². The molecular weight excluding hydrogens is 224 g/mol. The molecule has 0 aliphatic rings. The largest absolute Gasteiger partial charge is 0.485 e. The Kier molecular flexibility index (Phi) is 4.86. The molecule has 0 aliphatic heterocycles. The van der Waals surface area contributed by atoms with Crippen molar-refractivity contribution in [2.45, 2.75) is 6.61 Å². The highest BCUT2D eigenvalue weighted by Crippen LogP contribution is 2.27. The molecule has 1 N–H and O–H groups in total. The van der Waals surface area contributed by atoms with Crippen molar-refractivity contribution in [2.24, 2.45) is 0 Å². The van der Waals surface area contributed by atoms with Crippen molar-refractivity contribution < 1.29 is 14.8 Å². The fourth-order valence-electron chi connectivity index (χ4n) is 1.26. The van der Waals surface area contributed by atoms with Crippen molar-refractivity contribution in [3.05, 3.63) is 33.9 Å². The van der Waals surface area contributed by atoms with E-state index in [0.717, 1.165) is 0 Å². The number of likely N-dealkylation sites (N-methyl/N-ethyl adjacent to an activating group) is 1. The number of benzene rings is 1. The van der Waals surface area contributed by atoms with E-state index in [2.05, 4.69) is 0 Å². The van der Waals surface area contributed by atoms with Gasteiger partial charge >= 0.3 is 5.69 Å². The lowest BCUT2D eigenvalue weighted by Crippen LogP contribution is -2.19. The number of nitrogens with zero attached hydrogens (tertiary/aromatic N) is 2. The SMILES string of the molecule is CN(C)CCOc1ccc(CO)cc1[N+](=O)[O-]. The minimum atomic E-state index is -0.510. The summed E-state index contributed by atoms with van der Waals surface area (Å²) in [7, 11) is 3.79.